The van der Waals surface area contributed by atoms with E-state index in [-0.39, 0.29) is 6.03 Å². The van der Waals surface area contributed by atoms with E-state index in [0.717, 1.165) is 11.4 Å². The summed E-state index contributed by atoms with van der Waals surface area (Å²) in [6.07, 6.45) is 0. The van der Waals surface area contributed by atoms with Gasteiger partial charge in [-0.1, -0.05) is 19.9 Å². The maximum absolute atomic E-state index is 11.7. The fourth-order valence-corrected chi connectivity index (χ4v) is 1.94. The number of hydrogen-bond donors (Lipinski definition) is 1. The largest absolute Gasteiger partial charge is 0.490 e. The number of carbonyl (C=O) groups excluding carboxylic acids is 1. The van der Waals surface area contributed by atoms with E-state index in [0.29, 0.717) is 19.1 Å². The van der Waals surface area contributed by atoms with Crippen molar-refractivity contribution in [3.63, 3.8) is 0 Å². The van der Waals surface area contributed by atoms with Gasteiger partial charge in [-0.3, -0.25) is 4.90 Å². The van der Waals surface area contributed by atoms with Crippen molar-refractivity contribution in [3.05, 3.63) is 23.8 Å². The van der Waals surface area contributed by atoms with Crippen molar-refractivity contribution < 1.29 is 9.53 Å². The standard InChI is InChI=1S/C13H18N2O2/c1-9(2)10-4-5-11-12(8-10)17-7-6-15(11)13(16)14-3/h4-5,8-9H,6-7H2,1-3H3,(H,14,16). The molecule has 0 spiro atoms. The van der Waals surface area contributed by atoms with E-state index in [1.165, 1.54) is 5.56 Å². The van der Waals surface area contributed by atoms with Gasteiger partial charge >= 0.3 is 6.03 Å². The third-order valence-electron chi connectivity index (χ3n) is 2.97. The number of anilines is 1. The Morgan fingerprint density at radius 3 is 2.88 bits per heavy atom. The Bertz CT molecular complexity index is 429. The number of hydrogen-bond acceptors (Lipinski definition) is 2. The van der Waals surface area contributed by atoms with Crippen molar-refractivity contribution in [2.45, 2.75) is 19.8 Å². The lowest BCUT2D eigenvalue weighted by Gasteiger charge is -2.29. The van der Waals surface area contributed by atoms with Gasteiger partial charge in [0, 0.05) is 7.05 Å². The molecule has 1 aromatic rings. The summed E-state index contributed by atoms with van der Waals surface area (Å²) in [5.74, 6) is 1.25. The first kappa shape index (κ1) is 11.8. The van der Waals surface area contributed by atoms with Crippen molar-refractivity contribution >= 4 is 11.7 Å². The molecule has 1 aromatic carbocycles. The Labute approximate surface area is 102 Å². The fourth-order valence-electron chi connectivity index (χ4n) is 1.94. The summed E-state index contributed by atoms with van der Waals surface area (Å²) >= 11 is 0. The van der Waals surface area contributed by atoms with Gasteiger partial charge in [0.25, 0.3) is 0 Å². The minimum absolute atomic E-state index is 0.0909. The van der Waals surface area contributed by atoms with Crippen LogP contribution in [-0.2, 0) is 0 Å². The lowest BCUT2D eigenvalue weighted by molar-refractivity contribution is 0.241. The van der Waals surface area contributed by atoms with E-state index in [1.54, 1.807) is 11.9 Å². The minimum Gasteiger partial charge on any atom is -0.490 e. The summed E-state index contributed by atoms with van der Waals surface area (Å²) in [4.78, 5) is 13.4. The normalized spacial score (nSPS) is 14.2. The molecule has 0 radical (unpaired) electrons. The zero-order valence-corrected chi connectivity index (χ0v) is 10.5. The van der Waals surface area contributed by atoms with Gasteiger partial charge < -0.3 is 10.1 Å². The van der Waals surface area contributed by atoms with E-state index in [2.05, 4.69) is 19.2 Å². The molecule has 1 heterocycles. The van der Waals surface area contributed by atoms with Gasteiger partial charge in [-0.15, -0.1) is 0 Å². The zero-order valence-electron chi connectivity index (χ0n) is 10.5. The summed E-state index contributed by atoms with van der Waals surface area (Å²) in [7, 11) is 1.64. The van der Waals surface area contributed by atoms with Crippen molar-refractivity contribution in [1.29, 1.82) is 0 Å². The summed E-state index contributed by atoms with van der Waals surface area (Å²) in [6, 6.07) is 5.94. The zero-order chi connectivity index (χ0) is 12.4. The Morgan fingerprint density at radius 2 is 2.24 bits per heavy atom. The molecule has 0 fully saturated rings. The van der Waals surface area contributed by atoms with Gasteiger partial charge in [0.15, 0.2) is 0 Å². The van der Waals surface area contributed by atoms with Gasteiger partial charge in [-0.25, -0.2) is 4.79 Å². The quantitative estimate of drug-likeness (QED) is 0.810. The number of carbonyl (C=O) groups is 1. The lowest BCUT2D eigenvalue weighted by atomic mass is 10.0. The second kappa shape index (κ2) is 4.65. The second-order valence-corrected chi connectivity index (χ2v) is 4.44. The van der Waals surface area contributed by atoms with E-state index >= 15 is 0 Å². The smallest absolute Gasteiger partial charge is 0.321 e. The number of fused-ring (bicyclic) bond motifs is 1. The van der Waals surface area contributed by atoms with Crippen LogP contribution in [0.5, 0.6) is 5.75 Å². The monoisotopic (exact) mass is 234 g/mol. The topological polar surface area (TPSA) is 41.6 Å². The SMILES string of the molecule is CNC(=O)N1CCOc2cc(C(C)C)ccc21. The van der Waals surface area contributed by atoms with Crippen molar-refractivity contribution in [2.24, 2.45) is 0 Å². The van der Waals surface area contributed by atoms with E-state index in [9.17, 15) is 4.79 Å². The number of nitrogens with zero attached hydrogens (tertiary/aromatic N) is 1. The molecule has 0 saturated carbocycles. The third kappa shape index (κ3) is 2.20. The van der Waals surface area contributed by atoms with Crippen LogP contribution < -0.4 is 15.0 Å². The number of rotatable bonds is 1. The molecule has 1 N–H and O–H groups in total. The van der Waals surface area contributed by atoms with Crippen LogP contribution in [-0.4, -0.2) is 26.2 Å². The maximum Gasteiger partial charge on any atom is 0.321 e. The Hall–Kier alpha value is -1.71. The first-order chi connectivity index (χ1) is 8.13. The number of urea groups is 1. The minimum atomic E-state index is -0.0909. The van der Waals surface area contributed by atoms with Crippen molar-refractivity contribution in [1.82, 2.24) is 5.32 Å². The maximum atomic E-state index is 11.7. The van der Waals surface area contributed by atoms with E-state index in [4.69, 9.17) is 4.74 Å². The van der Waals surface area contributed by atoms with Crippen LogP contribution >= 0.6 is 0 Å². The highest BCUT2D eigenvalue weighted by atomic mass is 16.5. The molecule has 4 nitrogen and oxygen atoms in total. The molecule has 17 heavy (non-hydrogen) atoms. The van der Waals surface area contributed by atoms with E-state index < -0.39 is 0 Å². The molecule has 2 rings (SSSR count). The average Bonchev–Trinajstić information content (AvgIpc) is 2.36. The van der Waals surface area contributed by atoms with Crippen LogP contribution in [0, 0.1) is 0 Å². The highest BCUT2D eigenvalue weighted by Crippen LogP contribution is 2.34. The van der Waals surface area contributed by atoms with Crippen LogP contribution in [0.1, 0.15) is 25.3 Å². The van der Waals surface area contributed by atoms with Gasteiger partial charge in [-0.2, -0.15) is 0 Å². The Morgan fingerprint density at radius 1 is 1.47 bits per heavy atom. The highest BCUT2D eigenvalue weighted by Gasteiger charge is 2.23. The average molecular weight is 234 g/mol. The summed E-state index contributed by atoms with van der Waals surface area (Å²) in [5.41, 5.74) is 2.07. The molecule has 0 atom stereocenters. The van der Waals surface area contributed by atoms with E-state index in [1.807, 2.05) is 18.2 Å². The predicted molar refractivity (Wildman–Crippen MR) is 67.8 cm³/mol. The summed E-state index contributed by atoms with van der Waals surface area (Å²) < 4.78 is 5.62. The summed E-state index contributed by atoms with van der Waals surface area (Å²) in [5, 5.41) is 2.64. The Balaban J connectivity index is 2.36. The van der Waals surface area contributed by atoms with Crippen LogP contribution in [0.4, 0.5) is 10.5 Å². The second-order valence-electron chi connectivity index (χ2n) is 4.44. The van der Waals surface area contributed by atoms with Crippen LogP contribution in [0.2, 0.25) is 0 Å². The number of benzene rings is 1. The molecule has 0 saturated heterocycles. The van der Waals surface area contributed by atoms with Crippen molar-refractivity contribution in [2.75, 3.05) is 25.1 Å². The number of nitrogens with one attached hydrogen (secondary N) is 1. The van der Waals surface area contributed by atoms with Gasteiger partial charge in [-0.05, 0) is 23.6 Å². The third-order valence-corrected chi connectivity index (χ3v) is 2.97. The number of ether oxygens (including phenoxy) is 1. The Kier molecular flexibility index (Phi) is 3.22. The molecule has 1 aliphatic rings. The molecule has 4 heteroatoms. The summed E-state index contributed by atoms with van der Waals surface area (Å²) in [6.45, 7) is 5.41. The van der Waals surface area contributed by atoms with Gasteiger partial charge in [0.05, 0.1) is 12.2 Å². The molecule has 92 valence electrons. The first-order valence-corrected chi connectivity index (χ1v) is 5.89. The van der Waals surface area contributed by atoms with Crippen LogP contribution in [0.25, 0.3) is 0 Å². The molecule has 2 amide bonds. The number of amides is 2. The molecular weight excluding hydrogens is 216 g/mol. The van der Waals surface area contributed by atoms with Crippen molar-refractivity contribution in [3.8, 4) is 5.75 Å². The molecule has 0 aliphatic carbocycles. The van der Waals surface area contributed by atoms with Crippen LogP contribution in [0.3, 0.4) is 0 Å². The predicted octanol–water partition coefficient (Wildman–Crippen LogP) is 2.35. The molecule has 0 unspecified atom stereocenters. The molecule has 0 bridgehead atoms. The highest BCUT2D eigenvalue weighted by molar-refractivity contribution is 5.93. The fraction of sp³-hybridized carbons (Fsp3) is 0.462. The molecular formula is C13H18N2O2. The first-order valence-electron chi connectivity index (χ1n) is 5.89. The molecule has 1 aliphatic heterocycles. The van der Waals surface area contributed by atoms with Crippen LogP contribution in [0.15, 0.2) is 18.2 Å². The van der Waals surface area contributed by atoms with Gasteiger partial charge in [0.1, 0.15) is 12.4 Å². The molecule has 0 aromatic heterocycles. The van der Waals surface area contributed by atoms with Gasteiger partial charge in [0.2, 0.25) is 0 Å². The lowest BCUT2D eigenvalue weighted by Crippen LogP contribution is -2.43.